The van der Waals surface area contributed by atoms with Gasteiger partial charge in [0.15, 0.2) is 34.5 Å². The minimum absolute atomic E-state index is 0.00623. The molecule has 498 valence electrons. The van der Waals surface area contributed by atoms with E-state index in [0.717, 1.165) is 34.9 Å². The van der Waals surface area contributed by atoms with Gasteiger partial charge in [-0.25, -0.2) is 9.97 Å². The standard InChI is InChI=1S/C61H68N12O20S/c1-70-32-66-44-27-72-37(19-46(44)70)25-64-42-23-51(49(83-3)21-40(42)59(72)79)88-30-34-15-35(31-89-52-24-43-41(22-50(52)84-4)60(80)73-28-45-47(71(2)33-67-45)20-38(73)26-65-43)17-39(16-34)92-94(81,82)93-53-18-36(5-6-48(53)90-61-57(77)56(76)55(75)54(29-74)91-61)58(78)63-7-9-85-11-13-87-14-12-86-10-8-68-69-62/h5-6,15-18,21-26,32-33,37-38,54-57,61,74-77H,7-14,19-20,27-31H2,1-4H3,(H,63,78)/t37-,38-,54+,55-,56-,57+,61+/m0/s1. The molecule has 0 unspecified atom stereocenters. The Balaban J connectivity index is 0.852. The van der Waals surface area contributed by atoms with Crippen molar-refractivity contribution in [3.63, 3.8) is 0 Å². The Morgan fingerprint density at radius 3 is 1.79 bits per heavy atom. The third-order valence-electron chi connectivity index (χ3n) is 16.0. The largest absolute Gasteiger partial charge is 0.501 e. The molecule has 3 amide bonds. The summed E-state index contributed by atoms with van der Waals surface area (Å²) in [4.78, 5) is 66.5. The first-order valence-electron chi connectivity index (χ1n) is 29.7. The SMILES string of the molecule is COc1cc2c(cc1OCc1cc(COc3cc4c(cc3OC)C(=O)N3Cc5ncn(C)c5C[C@H]3C=N4)cc(OS(=O)(=O)Oc3cc(C(=O)NCCOCCOCCOCCN=[N+]=[N-])ccc3O[C@@H]3O[C@H](CO)[C@H](O)[C@H](O)[C@H]3O)c1)N=C[C@@H]1Cc3c(ncn3C)CN1C2=O. The molecule has 2 aromatic heterocycles. The molecule has 4 aromatic carbocycles. The molecule has 7 heterocycles. The van der Waals surface area contributed by atoms with E-state index in [-0.39, 0.29) is 148 Å². The number of benzene rings is 4. The molecule has 0 bridgehead atoms. The highest BCUT2D eigenvalue weighted by Gasteiger charge is 2.45. The number of hydrogen-bond donors (Lipinski definition) is 5. The molecule has 1 saturated heterocycles. The van der Waals surface area contributed by atoms with Crippen LogP contribution in [0.3, 0.4) is 0 Å². The Kier molecular flexibility index (Phi) is 20.6. The zero-order chi connectivity index (χ0) is 66.2. The molecule has 0 radical (unpaired) electrons. The smallest absolute Gasteiger partial charge is 0.493 e. The van der Waals surface area contributed by atoms with Crippen molar-refractivity contribution >= 4 is 51.9 Å². The number of methoxy groups -OCH3 is 2. The fourth-order valence-electron chi connectivity index (χ4n) is 11.2. The summed E-state index contributed by atoms with van der Waals surface area (Å²) in [5.41, 5.74) is 13.5. The first kappa shape index (κ1) is 66.1. The lowest BCUT2D eigenvalue weighted by Crippen LogP contribution is -2.60. The number of azide groups is 1. The van der Waals surface area contributed by atoms with Crippen molar-refractivity contribution in [2.45, 2.75) is 81.9 Å². The normalized spacial score (nSPS) is 20.2. The predicted molar refractivity (Wildman–Crippen MR) is 328 cm³/mol. The number of carbonyl (C=O) groups excluding carboxylic acids is 3. The Hall–Kier alpha value is -9.41. The maximum atomic E-state index is 14.4. The second kappa shape index (κ2) is 29.3. The highest BCUT2D eigenvalue weighted by atomic mass is 32.3. The number of imidazole rings is 2. The van der Waals surface area contributed by atoms with E-state index in [4.69, 9.17) is 66.5 Å². The molecule has 0 saturated carbocycles. The van der Waals surface area contributed by atoms with E-state index in [9.17, 15) is 43.2 Å². The van der Waals surface area contributed by atoms with Crippen LogP contribution in [0.5, 0.6) is 40.2 Å². The number of aliphatic hydroxyl groups excluding tert-OH is 4. The van der Waals surface area contributed by atoms with E-state index in [2.05, 4.69) is 25.3 Å². The Morgan fingerprint density at radius 1 is 0.691 bits per heavy atom. The first-order chi connectivity index (χ1) is 45.4. The van der Waals surface area contributed by atoms with Crippen LogP contribution in [0.15, 0.2) is 88.4 Å². The molecule has 11 rings (SSSR count). The zero-order valence-corrected chi connectivity index (χ0v) is 52.2. The number of nitrogens with one attached hydrogen (secondary N) is 1. The van der Waals surface area contributed by atoms with Gasteiger partial charge in [-0.3, -0.25) is 24.4 Å². The van der Waals surface area contributed by atoms with E-state index in [1.54, 1.807) is 53.1 Å². The Labute approximate surface area is 537 Å². The van der Waals surface area contributed by atoms with Crippen LogP contribution in [0, 0.1) is 0 Å². The average molecular weight is 1320 g/mol. The van der Waals surface area contributed by atoms with Crippen LogP contribution in [-0.2, 0) is 82.6 Å². The second-order valence-corrected chi connectivity index (χ2v) is 23.3. The highest BCUT2D eigenvalue weighted by Crippen LogP contribution is 2.42. The summed E-state index contributed by atoms with van der Waals surface area (Å²) < 4.78 is 95.8. The van der Waals surface area contributed by atoms with Gasteiger partial charge in [-0.2, -0.15) is 0 Å². The summed E-state index contributed by atoms with van der Waals surface area (Å²) in [6.07, 6.45) is -1.000. The van der Waals surface area contributed by atoms with Gasteiger partial charge < -0.3 is 95.7 Å². The number of aryl methyl sites for hydroxylation is 2. The average Bonchev–Trinajstić information content (AvgIpc) is 1.56. The van der Waals surface area contributed by atoms with Crippen molar-refractivity contribution in [3.05, 3.63) is 134 Å². The molecule has 0 aliphatic carbocycles. The maximum Gasteiger partial charge on any atom is 0.501 e. The number of hydrogen-bond acceptors (Lipinski definition) is 25. The zero-order valence-electron chi connectivity index (χ0n) is 51.4. The van der Waals surface area contributed by atoms with Crippen molar-refractivity contribution in [1.29, 1.82) is 0 Å². The number of carbonyl (C=O) groups is 3. The maximum absolute atomic E-state index is 14.4. The van der Waals surface area contributed by atoms with Gasteiger partial charge in [0.05, 0.1) is 132 Å². The van der Waals surface area contributed by atoms with Crippen LogP contribution in [0.25, 0.3) is 10.4 Å². The van der Waals surface area contributed by atoms with Crippen molar-refractivity contribution in [2.75, 3.05) is 73.6 Å². The number of aliphatic hydroxyl groups is 4. The van der Waals surface area contributed by atoms with E-state index in [1.165, 1.54) is 44.6 Å². The summed E-state index contributed by atoms with van der Waals surface area (Å²) in [5.74, 6) is -2.07. The number of ether oxygens (including phenoxy) is 9. The van der Waals surface area contributed by atoms with Gasteiger partial charge in [0.1, 0.15) is 43.4 Å². The fraction of sp³-hybridized carbons (Fsp3) is 0.426. The minimum Gasteiger partial charge on any atom is -0.493 e. The van der Waals surface area contributed by atoms with Crippen molar-refractivity contribution in [3.8, 4) is 40.2 Å². The van der Waals surface area contributed by atoms with Crippen LogP contribution >= 0.6 is 0 Å². The summed E-state index contributed by atoms with van der Waals surface area (Å²) in [5, 5.41) is 47.9. The molecule has 7 atom stereocenters. The molecule has 6 aromatic rings. The topological polar surface area (TPSA) is 395 Å². The molecule has 0 spiro atoms. The number of aromatic nitrogens is 4. The van der Waals surface area contributed by atoms with Crippen LogP contribution in [0.1, 0.15) is 65.0 Å². The molecule has 5 N–H and O–H groups in total. The lowest BCUT2D eigenvalue weighted by Gasteiger charge is -2.39. The van der Waals surface area contributed by atoms with Gasteiger partial charge in [-0.15, -0.1) is 8.42 Å². The predicted octanol–water partition coefficient (Wildman–Crippen LogP) is 2.87. The van der Waals surface area contributed by atoms with Crippen LogP contribution in [0.2, 0.25) is 0 Å². The summed E-state index contributed by atoms with van der Waals surface area (Å²) in [6, 6.07) is 13.2. The highest BCUT2D eigenvalue weighted by molar-refractivity contribution is 7.82. The summed E-state index contributed by atoms with van der Waals surface area (Å²) in [6.45, 7) is 0.585. The lowest BCUT2D eigenvalue weighted by atomic mass is 9.99. The van der Waals surface area contributed by atoms with E-state index < -0.39 is 65.1 Å². The van der Waals surface area contributed by atoms with E-state index >= 15 is 0 Å². The van der Waals surface area contributed by atoms with Crippen LogP contribution in [0.4, 0.5) is 11.4 Å². The fourth-order valence-corrected chi connectivity index (χ4v) is 11.9. The first-order valence-corrected chi connectivity index (χ1v) is 31.0. The molecule has 5 aliphatic heterocycles. The number of nitrogens with zero attached hydrogens (tertiary/aromatic N) is 11. The number of aliphatic imine (C=N–C) groups is 2. The van der Waals surface area contributed by atoms with Gasteiger partial charge in [0.2, 0.25) is 6.29 Å². The quantitative estimate of drug-likeness (QED) is 0.0204. The van der Waals surface area contributed by atoms with Gasteiger partial charge in [-0.05, 0) is 65.2 Å². The van der Waals surface area contributed by atoms with E-state index in [0.29, 0.717) is 35.3 Å². The van der Waals surface area contributed by atoms with Gasteiger partial charge in [-0.1, -0.05) is 5.11 Å². The number of amides is 3. The van der Waals surface area contributed by atoms with Crippen molar-refractivity contribution < 1.29 is 94.2 Å². The number of rotatable bonds is 28. The Morgan fingerprint density at radius 2 is 1.24 bits per heavy atom. The van der Waals surface area contributed by atoms with Gasteiger partial charge in [0.25, 0.3) is 17.7 Å². The third-order valence-corrected chi connectivity index (χ3v) is 16.8. The molecular weight excluding hydrogens is 1250 g/mol. The molecule has 1 fully saturated rings. The second-order valence-electron chi connectivity index (χ2n) is 22.2. The molecular formula is C61H68N12O20S. The van der Waals surface area contributed by atoms with Crippen molar-refractivity contribution in [1.82, 2.24) is 34.2 Å². The Bertz CT molecular complexity index is 3860. The number of fused-ring (bicyclic) bond motifs is 6. The summed E-state index contributed by atoms with van der Waals surface area (Å²) >= 11 is 0. The molecule has 94 heavy (non-hydrogen) atoms. The van der Waals surface area contributed by atoms with Crippen molar-refractivity contribution in [2.24, 2.45) is 29.2 Å². The molecule has 32 nitrogen and oxygen atoms in total. The minimum atomic E-state index is -5.30. The van der Waals surface area contributed by atoms with Gasteiger partial charge >= 0.3 is 10.4 Å². The van der Waals surface area contributed by atoms with Crippen LogP contribution < -0.4 is 37.4 Å². The molecule has 33 heteroatoms. The monoisotopic (exact) mass is 1320 g/mol. The summed E-state index contributed by atoms with van der Waals surface area (Å²) in [7, 11) is 1.32. The molecule has 5 aliphatic rings. The lowest BCUT2D eigenvalue weighted by molar-refractivity contribution is -0.277. The van der Waals surface area contributed by atoms with E-state index in [1.807, 2.05) is 23.2 Å². The third kappa shape index (κ3) is 14.8. The van der Waals surface area contributed by atoms with Gasteiger partial charge in [0, 0.05) is 86.5 Å². The van der Waals surface area contributed by atoms with Crippen LogP contribution in [-0.4, -0.2) is 204 Å².